The average molecular weight is 263 g/mol. The second-order valence-electron chi connectivity index (χ2n) is 5.13. The summed E-state index contributed by atoms with van der Waals surface area (Å²) in [6, 6.07) is 8.35. The van der Waals surface area contributed by atoms with Crippen molar-refractivity contribution in [1.29, 1.82) is 0 Å². The van der Waals surface area contributed by atoms with E-state index in [1.54, 1.807) is 0 Å². The molecule has 0 aromatic heterocycles. The molecule has 0 radical (unpaired) electrons. The third-order valence-corrected chi connectivity index (χ3v) is 3.91. The summed E-state index contributed by atoms with van der Waals surface area (Å²) in [5.41, 5.74) is 0. The first-order valence-corrected chi connectivity index (χ1v) is 7.37. The molecule has 3 heteroatoms. The van der Waals surface area contributed by atoms with Crippen molar-refractivity contribution in [3.8, 4) is 11.5 Å². The van der Waals surface area contributed by atoms with E-state index in [1.165, 1.54) is 25.7 Å². The zero-order chi connectivity index (χ0) is 13.5. The van der Waals surface area contributed by atoms with Gasteiger partial charge in [0.15, 0.2) is 11.5 Å². The van der Waals surface area contributed by atoms with Crippen molar-refractivity contribution < 1.29 is 9.47 Å². The molecule has 1 N–H and O–H groups in total. The summed E-state index contributed by atoms with van der Waals surface area (Å²) in [4.78, 5) is 0. The number of nitrogens with one attached hydrogen (secondary N) is 1. The van der Waals surface area contributed by atoms with Crippen molar-refractivity contribution in [1.82, 2.24) is 5.32 Å². The van der Waals surface area contributed by atoms with Crippen LogP contribution in [0.25, 0.3) is 0 Å². The second-order valence-corrected chi connectivity index (χ2v) is 5.13. The third kappa shape index (κ3) is 3.87. The van der Waals surface area contributed by atoms with Gasteiger partial charge in [0.05, 0.1) is 6.61 Å². The van der Waals surface area contributed by atoms with Gasteiger partial charge in [-0.05, 0) is 44.9 Å². The van der Waals surface area contributed by atoms with E-state index in [-0.39, 0.29) is 0 Å². The van der Waals surface area contributed by atoms with Gasteiger partial charge < -0.3 is 14.8 Å². The summed E-state index contributed by atoms with van der Waals surface area (Å²) < 4.78 is 11.6. The lowest BCUT2D eigenvalue weighted by Crippen LogP contribution is -2.37. The van der Waals surface area contributed by atoms with E-state index >= 15 is 0 Å². The van der Waals surface area contributed by atoms with E-state index in [2.05, 4.69) is 5.32 Å². The van der Waals surface area contributed by atoms with Gasteiger partial charge in [-0.2, -0.15) is 0 Å². The number of likely N-dealkylation sites (N-methyl/N-ethyl adjacent to an activating group) is 1. The van der Waals surface area contributed by atoms with Crippen LogP contribution in [0.5, 0.6) is 11.5 Å². The molecule has 1 saturated carbocycles. The average Bonchev–Trinajstić information content (AvgIpc) is 2.96. The summed E-state index contributed by atoms with van der Waals surface area (Å²) >= 11 is 0. The molecular formula is C16H25NO2. The van der Waals surface area contributed by atoms with Gasteiger partial charge >= 0.3 is 0 Å². The van der Waals surface area contributed by atoms with Gasteiger partial charge in [0.2, 0.25) is 0 Å². The zero-order valence-corrected chi connectivity index (χ0v) is 12.0. The van der Waals surface area contributed by atoms with Gasteiger partial charge in [0.1, 0.15) is 6.61 Å². The van der Waals surface area contributed by atoms with E-state index in [1.807, 2.05) is 38.2 Å². The molecule has 0 spiro atoms. The molecule has 0 amide bonds. The molecule has 1 unspecified atom stereocenters. The molecule has 0 aliphatic heterocycles. The number of hydrogen-bond acceptors (Lipinski definition) is 3. The molecule has 1 aromatic rings. The van der Waals surface area contributed by atoms with Crippen molar-refractivity contribution in [3.05, 3.63) is 24.3 Å². The van der Waals surface area contributed by atoms with Crippen molar-refractivity contribution in [2.75, 3.05) is 20.3 Å². The van der Waals surface area contributed by atoms with Crippen LogP contribution in [0.2, 0.25) is 0 Å². The largest absolute Gasteiger partial charge is 0.490 e. The van der Waals surface area contributed by atoms with Crippen molar-refractivity contribution in [3.63, 3.8) is 0 Å². The van der Waals surface area contributed by atoms with Crippen molar-refractivity contribution >= 4 is 0 Å². The van der Waals surface area contributed by atoms with Crippen LogP contribution in [-0.4, -0.2) is 26.3 Å². The van der Waals surface area contributed by atoms with Gasteiger partial charge in [-0.3, -0.25) is 0 Å². The van der Waals surface area contributed by atoms with Crippen LogP contribution in [0.15, 0.2) is 24.3 Å². The van der Waals surface area contributed by atoms with Crippen molar-refractivity contribution in [2.45, 2.75) is 38.6 Å². The van der Waals surface area contributed by atoms with Crippen LogP contribution >= 0.6 is 0 Å². The van der Waals surface area contributed by atoms with Crippen LogP contribution < -0.4 is 14.8 Å². The number of hydrogen-bond donors (Lipinski definition) is 1. The molecule has 0 heterocycles. The highest BCUT2D eigenvalue weighted by atomic mass is 16.5. The molecule has 19 heavy (non-hydrogen) atoms. The maximum Gasteiger partial charge on any atom is 0.161 e. The lowest BCUT2D eigenvalue weighted by molar-refractivity contribution is 0.213. The Hall–Kier alpha value is -1.22. The minimum absolute atomic E-state index is 0.442. The van der Waals surface area contributed by atoms with Gasteiger partial charge in [-0.15, -0.1) is 0 Å². The standard InChI is InChI=1S/C16H25NO2/c1-3-18-15-10-6-7-11-16(15)19-12-14(17-2)13-8-4-5-9-13/h6-7,10-11,13-14,17H,3-5,8-9,12H2,1-2H3. The van der Waals surface area contributed by atoms with Crippen LogP contribution in [0.4, 0.5) is 0 Å². The van der Waals surface area contributed by atoms with Crippen molar-refractivity contribution in [2.24, 2.45) is 5.92 Å². The van der Waals surface area contributed by atoms with E-state index in [0.29, 0.717) is 19.3 Å². The minimum Gasteiger partial charge on any atom is -0.490 e. The first kappa shape index (κ1) is 14.2. The maximum atomic E-state index is 5.97. The lowest BCUT2D eigenvalue weighted by atomic mass is 9.99. The SMILES string of the molecule is CCOc1ccccc1OCC(NC)C1CCCC1. The predicted octanol–water partition coefficient (Wildman–Crippen LogP) is 3.24. The topological polar surface area (TPSA) is 30.5 Å². The van der Waals surface area contributed by atoms with Crippen LogP contribution in [0.1, 0.15) is 32.6 Å². The molecule has 0 bridgehead atoms. The molecule has 1 aliphatic rings. The Labute approximate surface area is 116 Å². The smallest absolute Gasteiger partial charge is 0.161 e. The third-order valence-electron chi connectivity index (χ3n) is 3.91. The normalized spacial score (nSPS) is 17.4. The number of benzene rings is 1. The second kappa shape index (κ2) is 7.39. The Morgan fingerprint density at radius 2 is 1.79 bits per heavy atom. The first-order valence-electron chi connectivity index (χ1n) is 7.37. The fraction of sp³-hybridized carbons (Fsp3) is 0.625. The molecule has 1 aliphatic carbocycles. The summed E-state index contributed by atoms with van der Waals surface area (Å²) in [6.07, 6.45) is 5.36. The van der Waals surface area contributed by atoms with E-state index < -0.39 is 0 Å². The highest BCUT2D eigenvalue weighted by molar-refractivity contribution is 5.39. The molecule has 1 fully saturated rings. The summed E-state index contributed by atoms with van der Waals surface area (Å²) in [6.45, 7) is 3.37. The summed E-state index contributed by atoms with van der Waals surface area (Å²) in [5, 5.41) is 3.40. The Balaban J connectivity index is 1.92. The quantitative estimate of drug-likeness (QED) is 0.819. The predicted molar refractivity (Wildman–Crippen MR) is 77.9 cm³/mol. The summed E-state index contributed by atoms with van der Waals surface area (Å²) in [7, 11) is 2.03. The fourth-order valence-electron chi connectivity index (χ4n) is 2.84. The highest BCUT2D eigenvalue weighted by Crippen LogP contribution is 2.30. The molecule has 1 aromatic carbocycles. The number of ether oxygens (including phenoxy) is 2. The number of para-hydroxylation sites is 2. The lowest BCUT2D eigenvalue weighted by Gasteiger charge is -2.23. The zero-order valence-electron chi connectivity index (χ0n) is 12.0. The molecule has 2 rings (SSSR count). The first-order chi connectivity index (χ1) is 9.35. The Morgan fingerprint density at radius 3 is 2.37 bits per heavy atom. The molecule has 0 saturated heterocycles. The van der Waals surface area contributed by atoms with Crippen LogP contribution in [-0.2, 0) is 0 Å². The van der Waals surface area contributed by atoms with Gasteiger partial charge in [-0.25, -0.2) is 0 Å². The van der Waals surface area contributed by atoms with Crippen LogP contribution in [0.3, 0.4) is 0 Å². The molecular weight excluding hydrogens is 238 g/mol. The Bertz CT molecular complexity index is 375. The molecule has 3 nitrogen and oxygen atoms in total. The Morgan fingerprint density at radius 1 is 1.16 bits per heavy atom. The molecule has 1 atom stereocenters. The fourth-order valence-corrected chi connectivity index (χ4v) is 2.84. The number of rotatable bonds is 7. The van der Waals surface area contributed by atoms with E-state index in [9.17, 15) is 0 Å². The summed E-state index contributed by atoms with van der Waals surface area (Å²) in [5.74, 6) is 2.44. The van der Waals surface area contributed by atoms with Crippen LogP contribution in [0, 0.1) is 5.92 Å². The van der Waals surface area contributed by atoms with E-state index in [4.69, 9.17) is 9.47 Å². The van der Waals surface area contributed by atoms with Gasteiger partial charge in [0.25, 0.3) is 0 Å². The van der Waals surface area contributed by atoms with Gasteiger partial charge in [0, 0.05) is 6.04 Å². The maximum absolute atomic E-state index is 5.97. The minimum atomic E-state index is 0.442. The Kier molecular flexibility index (Phi) is 5.52. The molecule has 106 valence electrons. The van der Waals surface area contributed by atoms with Gasteiger partial charge in [-0.1, -0.05) is 25.0 Å². The highest BCUT2D eigenvalue weighted by Gasteiger charge is 2.24. The monoisotopic (exact) mass is 263 g/mol. The van der Waals surface area contributed by atoms with E-state index in [0.717, 1.165) is 17.4 Å².